The first-order chi connectivity index (χ1) is 25.8. The van der Waals surface area contributed by atoms with Crippen molar-refractivity contribution in [3.63, 3.8) is 0 Å². The molecular weight excluding hydrogens is 683 g/mol. The molecule has 274 valence electrons. The van der Waals surface area contributed by atoms with Gasteiger partial charge in [-0.3, -0.25) is 24.5 Å². The SMILES string of the molecule is CCC(=C(c1ccccc1)c1ccc(OCCN(C)C(=O)CCCCCSc2cccc3c2CN(C2CCC(=O)NC2=O)C3=O)cc1)c1ccccc1. The number of rotatable bonds is 16. The van der Waals surface area contributed by atoms with Crippen molar-refractivity contribution in [1.29, 1.82) is 0 Å². The van der Waals surface area contributed by atoms with Crippen molar-refractivity contribution in [1.82, 2.24) is 15.1 Å². The Bertz CT molecular complexity index is 1950. The summed E-state index contributed by atoms with van der Waals surface area (Å²) in [7, 11) is 1.83. The Morgan fingerprint density at radius 2 is 1.55 bits per heavy atom. The van der Waals surface area contributed by atoms with Gasteiger partial charge in [-0.05, 0) is 89.1 Å². The summed E-state index contributed by atoms with van der Waals surface area (Å²) in [5.41, 5.74) is 7.62. The lowest BCUT2D eigenvalue weighted by molar-refractivity contribution is -0.137. The van der Waals surface area contributed by atoms with Gasteiger partial charge in [-0.1, -0.05) is 92.2 Å². The zero-order valence-electron chi connectivity index (χ0n) is 30.5. The summed E-state index contributed by atoms with van der Waals surface area (Å²) in [6, 6.07) is 34.4. The molecule has 0 spiro atoms. The van der Waals surface area contributed by atoms with E-state index in [1.807, 2.05) is 49.5 Å². The number of carbonyl (C=O) groups excluding carboxylic acids is 4. The number of imide groups is 1. The van der Waals surface area contributed by atoms with Crippen LogP contribution in [0.4, 0.5) is 0 Å². The van der Waals surface area contributed by atoms with Crippen molar-refractivity contribution in [2.45, 2.75) is 69.4 Å². The van der Waals surface area contributed by atoms with Crippen LogP contribution in [-0.4, -0.2) is 65.4 Å². The second kappa shape index (κ2) is 18.1. The number of nitrogens with one attached hydrogen (secondary N) is 1. The van der Waals surface area contributed by atoms with Gasteiger partial charge in [-0.2, -0.15) is 0 Å². The van der Waals surface area contributed by atoms with Crippen molar-refractivity contribution in [2.75, 3.05) is 26.0 Å². The van der Waals surface area contributed by atoms with Crippen molar-refractivity contribution in [3.05, 3.63) is 131 Å². The van der Waals surface area contributed by atoms with Gasteiger partial charge in [-0.25, -0.2) is 0 Å². The summed E-state index contributed by atoms with van der Waals surface area (Å²) >= 11 is 1.71. The maximum Gasteiger partial charge on any atom is 0.255 e. The molecule has 0 aromatic heterocycles. The highest BCUT2D eigenvalue weighted by Gasteiger charge is 2.39. The average Bonchev–Trinajstić information content (AvgIpc) is 3.52. The first-order valence-electron chi connectivity index (χ1n) is 18.5. The molecule has 0 aliphatic carbocycles. The number of carbonyl (C=O) groups is 4. The summed E-state index contributed by atoms with van der Waals surface area (Å²) in [5.74, 6) is 0.907. The van der Waals surface area contributed by atoms with E-state index >= 15 is 0 Å². The van der Waals surface area contributed by atoms with Crippen LogP contribution in [0.2, 0.25) is 0 Å². The van der Waals surface area contributed by atoms with Crippen LogP contribution in [0, 0.1) is 0 Å². The molecule has 4 amide bonds. The first-order valence-corrected chi connectivity index (χ1v) is 19.5. The number of hydrogen-bond donors (Lipinski definition) is 1. The minimum atomic E-state index is -0.616. The topological polar surface area (TPSA) is 96.0 Å². The molecule has 2 heterocycles. The second-order valence-electron chi connectivity index (χ2n) is 13.5. The lowest BCUT2D eigenvalue weighted by Crippen LogP contribution is -2.52. The number of allylic oxidation sites excluding steroid dienone is 1. The third-order valence-electron chi connectivity index (χ3n) is 9.94. The largest absolute Gasteiger partial charge is 0.492 e. The number of thioether (sulfide) groups is 1. The van der Waals surface area contributed by atoms with Gasteiger partial charge >= 0.3 is 0 Å². The van der Waals surface area contributed by atoms with Crippen LogP contribution in [0.15, 0.2) is 108 Å². The van der Waals surface area contributed by atoms with E-state index < -0.39 is 11.9 Å². The Kier molecular flexibility index (Phi) is 12.8. The van der Waals surface area contributed by atoms with Crippen molar-refractivity contribution in [2.24, 2.45) is 0 Å². The number of ether oxygens (including phenoxy) is 1. The minimum absolute atomic E-state index is 0.107. The third-order valence-corrected chi connectivity index (χ3v) is 11.1. The van der Waals surface area contributed by atoms with Crippen LogP contribution in [-0.2, 0) is 20.9 Å². The van der Waals surface area contributed by atoms with E-state index in [0.29, 0.717) is 38.1 Å². The van der Waals surface area contributed by atoms with Gasteiger partial charge in [0.1, 0.15) is 18.4 Å². The van der Waals surface area contributed by atoms with E-state index in [4.69, 9.17) is 4.74 Å². The van der Waals surface area contributed by atoms with Crippen LogP contribution >= 0.6 is 11.8 Å². The molecule has 1 unspecified atom stereocenters. The molecule has 53 heavy (non-hydrogen) atoms. The zero-order valence-corrected chi connectivity index (χ0v) is 31.3. The highest BCUT2D eigenvalue weighted by atomic mass is 32.2. The van der Waals surface area contributed by atoms with E-state index in [0.717, 1.165) is 53.2 Å². The Labute approximate surface area is 316 Å². The van der Waals surface area contributed by atoms with Crippen molar-refractivity contribution < 1.29 is 23.9 Å². The number of hydrogen-bond acceptors (Lipinski definition) is 6. The van der Waals surface area contributed by atoms with E-state index in [-0.39, 0.29) is 24.1 Å². The summed E-state index contributed by atoms with van der Waals surface area (Å²) < 4.78 is 6.06. The van der Waals surface area contributed by atoms with Crippen LogP contribution in [0.25, 0.3) is 11.1 Å². The highest BCUT2D eigenvalue weighted by molar-refractivity contribution is 7.99. The maximum atomic E-state index is 13.1. The van der Waals surface area contributed by atoms with Gasteiger partial charge in [0.2, 0.25) is 17.7 Å². The Morgan fingerprint density at radius 3 is 2.25 bits per heavy atom. The predicted octanol–water partition coefficient (Wildman–Crippen LogP) is 8.01. The molecular formula is C44H47N3O5S. The molecule has 6 rings (SSSR count). The molecule has 4 aromatic rings. The molecule has 8 nitrogen and oxygen atoms in total. The highest BCUT2D eigenvalue weighted by Crippen LogP contribution is 2.36. The zero-order chi connectivity index (χ0) is 37.2. The summed E-state index contributed by atoms with van der Waals surface area (Å²) in [6.45, 7) is 3.49. The molecule has 0 saturated carbocycles. The van der Waals surface area contributed by atoms with Gasteiger partial charge in [0, 0.05) is 36.9 Å². The number of amides is 4. The van der Waals surface area contributed by atoms with Crippen LogP contribution in [0.1, 0.15) is 84.5 Å². The maximum absolute atomic E-state index is 13.1. The molecule has 1 saturated heterocycles. The first kappa shape index (κ1) is 37.6. The van der Waals surface area contributed by atoms with Gasteiger partial charge < -0.3 is 14.5 Å². The number of nitrogens with zero attached hydrogens (tertiary/aromatic N) is 2. The fraction of sp³-hybridized carbons (Fsp3) is 0.318. The van der Waals surface area contributed by atoms with E-state index in [2.05, 4.69) is 72.9 Å². The van der Waals surface area contributed by atoms with Crippen molar-refractivity contribution >= 4 is 46.5 Å². The van der Waals surface area contributed by atoms with Crippen molar-refractivity contribution in [3.8, 4) is 5.75 Å². The second-order valence-corrected chi connectivity index (χ2v) is 14.6. The lowest BCUT2D eigenvalue weighted by Gasteiger charge is -2.29. The molecule has 0 radical (unpaired) electrons. The number of unbranched alkanes of at least 4 members (excludes halogenated alkanes) is 2. The predicted molar refractivity (Wildman–Crippen MR) is 210 cm³/mol. The van der Waals surface area contributed by atoms with Gasteiger partial charge in [0.15, 0.2) is 0 Å². The molecule has 0 bridgehead atoms. The molecule has 2 aliphatic heterocycles. The van der Waals surface area contributed by atoms with E-state index in [9.17, 15) is 19.2 Å². The molecule has 9 heteroatoms. The van der Waals surface area contributed by atoms with E-state index in [1.165, 1.54) is 22.3 Å². The Morgan fingerprint density at radius 1 is 0.849 bits per heavy atom. The molecule has 2 aliphatic rings. The Hall–Kier alpha value is -5.15. The van der Waals surface area contributed by atoms with Crippen LogP contribution in [0.5, 0.6) is 5.75 Å². The average molecular weight is 730 g/mol. The van der Waals surface area contributed by atoms with Gasteiger partial charge in [0.05, 0.1) is 6.54 Å². The normalized spacial score (nSPS) is 15.8. The summed E-state index contributed by atoms with van der Waals surface area (Å²) in [5, 5.41) is 2.36. The van der Waals surface area contributed by atoms with Gasteiger partial charge in [0.25, 0.3) is 5.91 Å². The number of likely N-dealkylation sites (N-methyl/N-ethyl adjacent to an activating group) is 1. The fourth-order valence-corrected chi connectivity index (χ4v) is 8.14. The summed E-state index contributed by atoms with van der Waals surface area (Å²) in [4.78, 5) is 54.3. The minimum Gasteiger partial charge on any atom is -0.492 e. The van der Waals surface area contributed by atoms with Gasteiger partial charge in [-0.15, -0.1) is 11.8 Å². The van der Waals surface area contributed by atoms with E-state index in [1.54, 1.807) is 21.6 Å². The Balaban J connectivity index is 0.927. The molecule has 4 aromatic carbocycles. The van der Waals surface area contributed by atoms with Crippen LogP contribution < -0.4 is 10.1 Å². The number of piperidine rings is 1. The number of fused-ring (bicyclic) bond motifs is 1. The quantitative estimate of drug-likeness (QED) is 0.0544. The molecule has 1 atom stereocenters. The summed E-state index contributed by atoms with van der Waals surface area (Å²) in [6.07, 6.45) is 4.66. The van der Waals surface area contributed by atoms with Crippen LogP contribution in [0.3, 0.4) is 0 Å². The molecule has 1 fully saturated rings. The lowest BCUT2D eigenvalue weighted by atomic mass is 9.88. The number of benzene rings is 4. The fourth-order valence-electron chi connectivity index (χ4n) is 7.05. The molecule has 1 N–H and O–H groups in total. The third kappa shape index (κ3) is 9.27. The monoisotopic (exact) mass is 729 g/mol. The smallest absolute Gasteiger partial charge is 0.255 e. The standard InChI is InChI=1S/C44H47N3O5S/c1-3-35(31-14-7-4-8-15-31)42(32-16-9-5-10-17-32)33-21-23-34(24-22-33)52-28-27-46(2)41(49)20-11-6-12-29-53-39-19-13-18-36-37(39)30-47(44(36)51)38-25-26-40(48)45-43(38)50/h4-5,7-10,13-19,21-24,38H,3,6,11-12,20,25-30H2,1-2H3,(H,45,48,50).